The summed E-state index contributed by atoms with van der Waals surface area (Å²) in [4.78, 5) is 24.7. The fourth-order valence-corrected chi connectivity index (χ4v) is 5.85. The quantitative estimate of drug-likeness (QED) is 0.277. The maximum Gasteiger partial charge on any atom is 0.251 e. The molecule has 196 valence electrons. The molecule has 2 aromatic carbocycles. The van der Waals surface area contributed by atoms with Gasteiger partial charge in [0.2, 0.25) is 5.95 Å². The standard InChI is InChI=1S/C26H31ClN6O3S/c1-36-13-11-33-22-5-2-18(24(35)28-16-17-6-8-32(9-7-17)10-12-34)14-21(22)29-25(33)31-26-30-20-4-3-19(27)15-23(20)37-26/h2-5,14-15,17,34H,6-13,16H2,1H3,(H,28,35)(H,29,30,31). The molecule has 1 amide bonds. The third-order valence-electron chi connectivity index (χ3n) is 6.77. The average Bonchev–Trinajstić information content (AvgIpc) is 3.46. The third-order valence-corrected chi connectivity index (χ3v) is 7.94. The van der Waals surface area contributed by atoms with Crippen molar-refractivity contribution in [2.24, 2.45) is 5.92 Å². The lowest BCUT2D eigenvalue weighted by Gasteiger charge is -2.31. The summed E-state index contributed by atoms with van der Waals surface area (Å²) in [5.74, 6) is 1.00. The predicted octanol–water partition coefficient (Wildman–Crippen LogP) is 4.12. The van der Waals surface area contributed by atoms with Crippen molar-refractivity contribution in [2.45, 2.75) is 19.4 Å². The molecular weight excluding hydrogens is 512 g/mol. The Balaban J connectivity index is 1.31. The number of amides is 1. The summed E-state index contributed by atoms with van der Waals surface area (Å²) in [6, 6.07) is 11.2. The summed E-state index contributed by atoms with van der Waals surface area (Å²) in [5, 5.41) is 17.0. The minimum Gasteiger partial charge on any atom is -0.395 e. The van der Waals surface area contributed by atoms with Crippen LogP contribution in [0.4, 0.5) is 11.1 Å². The minimum absolute atomic E-state index is 0.0938. The summed E-state index contributed by atoms with van der Waals surface area (Å²) in [6.45, 7) is 4.62. The highest BCUT2D eigenvalue weighted by Gasteiger charge is 2.20. The molecular formula is C26H31ClN6O3S. The number of carbonyl (C=O) groups is 1. The number of fused-ring (bicyclic) bond motifs is 2. The molecule has 4 aromatic rings. The molecule has 5 rings (SSSR count). The number of methoxy groups -OCH3 is 1. The molecule has 0 spiro atoms. The smallest absolute Gasteiger partial charge is 0.251 e. The summed E-state index contributed by atoms with van der Waals surface area (Å²) >= 11 is 7.64. The van der Waals surface area contributed by atoms with E-state index in [1.807, 2.05) is 41.0 Å². The largest absolute Gasteiger partial charge is 0.395 e. The molecule has 1 fully saturated rings. The third kappa shape index (κ3) is 6.05. The Labute approximate surface area is 224 Å². The van der Waals surface area contributed by atoms with E-state index in [1.165, 1.54) is 11.3 Å². The lowest BCUT2D eigenvalue weighted by molar-refractivity contribution is 0.0933. The molecule has 2 aromatic heterocycles. The fraction of sp³-hybridized carbons (Fsp3) is 0.423. The summed E-state index contributed by atoms with van der Waals surface area (Å²) in [5.41, 5.74) is 3.10. The van der Waals surface area contributed by atoms with Gasteiger partial charge in [-0.05, 0) is 68.2 Å². The number of benzene rings is 2. The zero-order valence-corrected chi connectivity index (χ0v) is 22.3. The second kappa shape index (κ2) is 11.7. The van der Waals surface area contributed by atoms with Crippen LogP contribution < -0.4 is 10.6 Å². The van der Waals surface area contributed by atoms with E-state index in [-0.39, 0.29) is 12.5 Å². The van der Waals surface area contributed by atoms with Gasteiger partial charge in [0.05, 0.1) is 34.5 Å². The van der Waals surface area contributed by atoms with Gasteiger partial charge in [0.15, 0.2) is 5.13 Å². The van der Waals surface area contributed by atoms with E-state index in [4.69, 9.17) is 26.4 Å². The van der Waals surface area contributed by atoms with Gasteiger partial charge in [0, 0.05) is 37.3 Å². The number of piperidine rings is 1. The van der Waals surface area contributed by atoms with Gasteiger partial charge in [-0.3, -0.25) is 4.79 Å². The summed E-state index contributed by atoms with van der Waals surface area (Å²) in [6.07, 6.45) is 2.05. The molecule has 37 heavy (non-hydrogen) atoms. The Bertz CT molecular complexity index is 1380. The Morgan fingerprint density at radius 2 is 2.00 bits per heavy atom. The molecule has 0 bridgehead atoms. The van der Waals surface area contributed by atoms with Crippen LogP contribution in [0.3, 0.4) is 0 Å². The Morgan fingerprint density at radius 1 is 1.16 bits per heavy atom. The van der Waals surface area contributed by atoms with Crippen LogP contribution in [0.15, 0.2) is 36.4 Å². The first-order chi connectivity index (χ1) is 18.0. The number of hydrogen-bond donors (Lipinski definition) is 3. The molecule has 0 radical (unpaired) electrons. The Hall–Kier alpha value is -2.76. The number of carbonyl (C=O) groups excluding carboxylic acids is 1. The number of anilines is 2. The number of β-amino-alcohol motifs (C(OH)–C–C–N with tert-alkyl or cyclic N) is 1. The molecule has 0 atom stereocenters. The van der Waals surface area contributed by atoms with Gasteiger partial charge < -0.3 is 29.9 Å². The number of hydrogen-bond acceptors (Lipinski definition) is 8. The number of nitrogens with zero attached hydrogens (tertiary/aromatic N) is 4. The van der Waals surface area contributed by atoms with Crippen molar-refractivity contribution >= 4 is 61.2 Å². The molecule has 3 N–H and O–H groups in total. The number of rotatable bonds is 10. The van der Waals surface area contributed by atoms with Crippen molar-refractivity contribution in [3.05, 3.63) is 47.0 Å². The van der Waals surface area contributed by atoms with Crippen LogP contribution in [0.1, 0.15) is 23.2 Å². The zero-order valence-electron chi connectivity index (χ0n) is 20.7. The van der Waals surface area contributed by atoms with E-state index in [0.717, 1.165) is 53.7 Å². The van der Waals surface area contributed by atoms with Crippen LogP contribution in [0.2, 0.25) is 5.02 Å². The fourth-order valence-electron chi connectivity index (χ4n) is 4.72. The van der Waals surface area contributed by atoms with Gasteiger partial charge in [-0.2, -0.15) is 0 Å². The molecule has 1 saturated heterocycles. The van der Waals surface area contributed by atoms with Crippen LogP contribution in [0.5, 0.6) is 0 Å². The lowest BCUT2D eigenvalue weighted by Crippen LogP contribution is -2.39. The highest BCUT2D eigenvalue weighted by molar-refractivity contribution is 7.22. The van der Waals surface area contributed by atoms with Crippen LogP contribution in [0, 0.1) is 5.92 Å². The lowest BCUT2D eigenvalue weighted by atomic mass is 9.96. The van der Waals surface area contributed by atoms with Crippen molar-refractivity contribution in [3.63, 3.8) is 0 Å². The topological polar surface area (TPSA) is 105 Å². The molecule has 0 saturated carbocycles. The average molecular weight is 543 g/mol. The Kier molecular flexibility index (Phi) is 8.21. The predicted molar refractivity (Wildman–Crippen MR) is 148 cm³/mol. The van der Waals surface area contributed by atoms with Gasteiger partial charge in [0.1, 0.15) is 0 Å². The number of ether oxygens (including phenoxy) is 1. The first kappa shape index (κ1) is 25.9. The molecule has 3 heterocycles. The maximum absolute atomic E-state index is 12.9. The number of aliphatic hydroxyl groups excluding tert-OH is 1. The van der Waals surface area contributed by atoms with E-state index < -0.39 is 0 Å². The number of aromatic nitrogens is 3. The summed E-state index contributed by atoms with van der Waals surface area (Å²) in [7, 11) is 1.67. The summed E-state index contributed by atoms with van der Waals surface area (Å²) < 4.78 is 8.35. The highest BCUT2D eigenvalue weighted by Crippen LogP contribution is 2.31. The van der Waals surface area contributed by atoms with E-state index in [1.54, 1.807) is 7.11 Å². The van der Waals surface area contributed by atoms with E-state index >= 15 is 0 Å². The van der Waals surface area contributed by atoms with E-state index in [9.17, 15) is 4.79 Å². The van der Waals surface area contributed by atoms with Gasteiger partial charge in [-0.25, -0.2) is 9.97 Å². The number of aliphatic hydroxyl groups is 1. The molecule has 0 unspecified atom stereocenters. The van der Waals surface area contributed by atoms with Crippen molar-refractivity contribution in [2.75, 3.05) is 51.8 Å². The van der Waals surface area contributed by atoms with Gasteiger partial charge in [-0.15, -0.1) is 0 Å². The monoisotopic (exact) mass is 542 g/mol. The molecule has 1 aliphatic heterocycles. The van der Waals surface area contributed by atoms with Gasteiger partial charge in [0.25, 0.3) is 5.91 Å². The van der Waals surface area contributed by atoms with Crippen molar-refractivity contribution < 1.29 is 14.6 Å². The maximum atomic E-state index is 12.9. The SMILES string of the molecule is COCCn1c(Nc2nc3ccc(Cl)cc3s2)nc2cc(C(=O)NCC3CCN(CCO)CC3)ccc21. The normalized spacial score (nSPS) is 15.0. The van der Waals surface area contributed by atoms with Crippen molar-refractivity contribution in [3.8, 4) is 0 Å². The molecule has 11 heteroatoms. The number of imidazole rings is 1. The van der Waals surface area contributed by atoms with Crippen molar-refractivity contribution in [1.82, 2.24) is 24.8 Å². The number of nitrogens with one attached hydrogen (secondary N) is 2. The first-order valence-electron chi connectivity index (χ1n) is 12.5. The van der Waals surface area contributed by atoms with Crippen LogP contribution >= 0.6 is 22.9 Å². The molecule has 0 aliphatic carbocycles. The van der Waals surface area contributed by atoms with Crippen molar-refractivity contribution in [1.29, 1.82) is 0 Å². The number of halogens is 1. The number of thiazole rings is 1. The van der Waals surface area contributed by atoms with Gasteiger partial charge in [-0.1, -0.05) is 22.9 Å². The van der Waals surface area contributed by atoms with E-state index in [0.29, 0.717) is 47.3 Å². The van der Waals surface area contributed by atoms with Crippen LogP contribution in [-0.2, 0) is 11.3 Å². The Morgan fingerprint density at radius 3 is 2.78 bits per heavy atom. The minimum atomic E-state index is -0.0938. The second-order valence-electron chi connectivity index (χ2n) is 9.26. The van der Waals surface area contributed by atoms with Crippen LogP contribution in [0.25, 0.3) is 21.3 Å². The highest BCUT2D eigenvalue weighted by atomic mass is 35.5. The zero-order chi connectivity index (χ0) is 25.8. The number of likely N-dealkylation sites (tertiary alicyclic amines) is 1. The molecule has 1 aliphatic rings. The first-order valence-corrected chi connectivity index (χ1v) is 13.7. The van der Waals surface area contributed by atoms with E-state index in [2.05, 4.69) is 20.5 Å². The van der Waals surface area contributed by atoms with Crippen LogP contribution in [-0.4, -0.2) is 77.0 Å². The molecule has 9 nitrogen and oxygen atoms in total. The second-order valence-corrected chi connectivity index (χ2v) is 10.7. The van der Waals surface area contributed by atoms with Gasteiger partial charge >= 0.3 is 0 Å².